The molecule has 1 aliphatic carbocycles. The molecule has 0 radical (unpaired) electrons. The molecule has 0 spiro atoms. The second kappa shape index (κ2) is 7.21. The van der Waals surface area contributed by atoms with Crippen molar-refractivity contribution >= 4 is 11.9 Å². The monoisotopic (exact) mass is 314 g/mol. The maximum absolute atomic E-state index is 12.4. The number of nitrogens with zero attached hydrogens (tertiary/aromatic N) is 5. The van der Waals surface area contributed by atoms with E-state index < -0.39 is 0 Å². The van der Waals surface area contributed by atoms with E-state index in [4.69, 9.17) is 0 Å². The topological polar surface area (TPSA) is 75.9 Å². The maximum Gasteiger partial charge on any atom is 0.248 e. The lowest BCUT2D eigenvalue weighted by Crippen LogP contribution is -2.37. The van der Waals surface area contributed by atoms with Crippen LogP contribution in [0, 0.1) is 5.92 Å². The Morgan fingerprint density at radius 1 is 1.35 bits per heavy atom. The van der Waals surface area contributed by atoms with Crippen LogP contribution in [0.25, 0.3) is 5.69 Å². The van der Waals surface area contributed by atoms with Crippen LogP contribution in [0.4, 0.5) is 5.95 Å². The van der Waals surface area contributed by atoms with E-state index in [0.717, 1.165) is 25.2 Å². The Kier molecular flexibility index (Phi) is 4.85. The number of benzene rings is 1. The molecule has 7 nitrogen and oxygen atoms in total. The summed E-state index contributed by atoms with van der Waals surface area (Å²) >= 11 is 0. The van der Waals surface area contributed by atoms with Crippen LogP contribution in [-0.4, -0.2) is 50.6 Å². The van der Waals surface area contributed by atoms with Gasteiger partial charge in [0.2, 0.25) is 11.9 Å². The molecule has 1 aromatic carbocycles. The third-order valence-electron chi connectivity index (χ3n) is 3.89. The van der Waals surface area contributed by atoms with Crippen molar-refractivity contribution in [3.05, 3.63) is 30.3 Å². The highest BCUT2D eigenvalue weighted by molar-refractivity contribution is 5.80. The molecule has 1 amide bonds. The van der Waals surface area contributed by atoms with Gasteiger partial charge in [0.15, 0.2) is 0 Å². The summed E-state index contributed by atoms with van der Waals surface area (Å²) in [7, 11) is 0. The van der Waals surface area contributed by atoms with Crippen LogP contribution in [0.1, 0.15) is 26.2 Å². The number of amides is 1. The van der Waals surface area contributed by atoms with Crippen molar-refractivity contribution in [2.75, 3.05) is 25.0 Å². The lowest BCUT2D eigenvalue weighted by Gasteiger charge is -2.22. The van der Waals surface area contributed by atoms with Crippen LogP contribution in [0.2, 0.25) is 0 Å². The number of para-hydroxylation sites is 1. The average Bonchev–Trinajstić information content (AvgIpc) is 3.27. The minimum absolute atomic E-state index is 0.0985. The molecule has 0 aliphatic heterocycles. The Hall–Kier alpha value is -2.44. The van der Waals surface area contributed by atoms with E-state index in [-0.39, 0.29) is 12.5 Å². The molecule has 1 N–H and O–H groups in total. The molecule has 0 bridgehead atoms. The third-order valence-corrected chi connectivity index (χ3v) is 3.89. The number of carbonyl (C=O) groups is 1. The summed E-state index contributed by atoms with van der Waals surface area (Å²) in [6, 6.07) is 9.61. The molecule has 2 aromatic rings. The number of carbonyl (C=O) groups excluding carboxylic acids is 1. The first kappa shape index (κ1) is 15.5. The first-order valence-corrected chi connectivity index (χ1v) is 8.13. The highest BCUT2D eigenvalue weighted by Gasteiger charge is 2.26. The number of nitrogens with one attached hydrogen (secondary N) is 1. The number of aromatic nitrogens is 4. The van der Waals surface area contributed by atoms with Crippen molar-refractivity contribution in [3.63, 3.8) is 0 Å². The molecule has 1 aromatic heterocycles. The van der Waals surface area contributed by atoms with Crippen molar-refractivity contribution in [1.29, 1.82) is 0 Å². The molecular weight excluding hydrogens is 292 g/mol. The summed E-state index contributed by atoms with van der Waals surface area (Å²) in [6.07, 6.45) is 3.46. The summed E-state index contributed by atoms with van der Waals surface area (Å²) in [5.74, 6) is 1.27. The fourth-order valence-electron chi connectivity index (χ4n) is 2.51. The van der Waals surface area contributed by atoms with Crippen molar-refractivity contribution in [1.82, 2.24) is 25.1 Å². The summed E-state index contributed by atoms with van der Waals surface area (Å²) in [6.45, 7) is 3.98. The Bertz CT molecular complexity index is 637. The molecular formula is C16H22N6O. The molecule has 0 atom stereocenters. The zero-order valence-corrected chi connectivity index (χ0v) is 13.4. The standard InChI is InChI=1S/C16H22N6O/c1-2-10-21(12-13-8-9-13)15(23)11-17-16-18-19-20-22(16)14-6-4-3-5-7-14/h3-7,13H,2,8-12H2,1H3,(H,17,18,20). The zero-order valence-electron chi connectivity index (χ0n) is 13.4. The summed E-state index contributed by atoms with van der Waals surface area (Å²) in [5.41, 5.74) is 0.857. The largest absolute Gasteiger partial charge is 0.344 e. The molecule has 1 fully saturated rings. The molecule has 23 heavy (non-hydrogen) atoms. The number of anilines is 1. The Morgan fingerprint density at radius 3 is 2.83 bits per heavy atom. The number of hydrogen-bond donors (Lipinski definition) is 1. The predicted octanol–water partition coefficient (Wildman–Crippen LogP) is 1.72. The fraction of sp³-hybridized carbons (Fsp3) is 0.500. The normalized spacial score (nSPS) is 13.8. The lowest BCUT2D eigenvalue weighted by atomic mass is 10.3. The Morgan fingerprint density at radius 2 is 2.13 bits per heavy atom. The zero-order chi connectivity index (χ0) is 16.1. The SMILES string of the molecule is CCCN(CC1CC1)C(=O)CNc1nnnn1-c1ccccc1. The highest BCUT2D eigenvalue weighted by atomic mass is 16.2. The van der Waals surface area contributed by atoms with Crippen LogP contribution in [0.15, 0.2) is 30.3 Å². The summed E-state index contributed by atoms with van der Waals surface area (Å²) in [5, 5.41) is 14.7. The van der Waals surface area contributed by atoms with Crippen LogP contribution in [0.3, 0.4) is 0 Å². The van der Waals surface area contributed by atoms with E-state index in [9.17, 15) is 4.79 Å². The van der Waals surface area contributed by atoms with Gasteiger partial charge in [-0.1, -0.05) is 30.2 Å². The van der Waals surface area contributed by atoms with Crippen LogP contribution in [-0.2, 0) is 4.79 Å². The van der Waals surface area contributed by atoms with Gasteiger partial charge in [0, 0.05) is 13.1 Å². The van der Waals surface area contributed by atoms with Crippen LogP contribution < -0.4 is 5.32 Å². The molecule has 7 heteroatoms. The second-order valence-electron chi connectivity index (χ2n) is 5.89. The summed E-state index contributed by atoms with van der Waals surface area (Å²) < 4.78 is 1.60. The van der Waals surface area contributed by atoms with Crippen LogP contribution in [0.5, 0.6) is 0 Å². The van der Waals surface area contributed by atoms with E-state index in [1.165, 1.54) is 12.8 Å². The quantitative estimate of drug-likeness (QED) is 0.803. The van der Waals surface area contributed by atoms with E-state index in [1.807, 2.05) is 35.2 Å². The maximum atomic E-state index is 12.4. The molecule has 0 unspecified atom stereocenters. The molecule has 1 aliphatic rings. The van der Waals surface area contributed by atoms with Gasteiger partial charge in [-0.25, -0.2) is 0 Å². The van der Waals surface area contributed by atoms with E-state index in [1.54, 1.807) is 4.68 Å². The molecule has 122 valence electrons. The van der Waals surface area contributed by atoms with Gasteiger partial charge >= 0.3 is 0 Å². The van der Waals surface area contributed by atoms with E-state index in [0.29, 0.717) is 11.9 Å². The van der Waals surface area contributed by atoms with Gasteiger partial charge < -0.3 is 10.2 Å². The first-order chi connectivity index (χ1) is 11.3. The van der Waals surface area contributed by atoms with Gasteiger partial charge in [-0.3, -0.25) is 4.79 Å². The molecule has 1 saturated carbocycles. The Labute approximate surface area is 135 Å². The van der Waals surface area contributed by atoms with Gasteiger partial charge in [0.05, 0.1) is 12.2 Å². The fourth-order valence-corrected chi connectivity index (χ4v) is 2.51. The van der Waals surface area contributed by atoms with E-state index in [2.05, 4.69) is 27.8 Å². The number of tetrazole rings is 1. The van der Waals surface area contributed by atoms with Gasteiger partial charge in [0.25, 0.3) is 0 Å². The minimum Gasteiger partial charge on any atom is -0.344 e. The van der Waals surface area contributed by atoms with Crippen molar-refractivity contribution in [2.24, 2.45) is 5.92 Å². The predicted molar refractivity (Wildman–Crippen MR) is 87.2 cm³/mol. The Balaban J connectivity index is 1.61. The van der Waals surface area contributed by atoms with E-state index >= 15 is 0 Å². The first-order valence-electron chi connectivity index (χ1n) is 8.13. The van der Waals surface area contributed by atoms with Gasteiger partial charge in [-0.2, -0.15) is 4.68 Å². The van der Waals surface area contributed by atoms with Gasteiger partial charge in [0.1, 0.15) is 0 Å². The number of hydrogen-bond acceptors (Lipinski definition) is 5. The minimum atomic E-state index is 0.0985. The van der Waals surface area contributed by atoms with Crippen molar-refractivity contribution in [2.45, 2.75) is 26.2 Å². The molecule has 1 heterocycles. The lowest BCUT2D eigenvalue weighted by molar-refractivity contribution is -0.129. The number of rotatable bonds is 8. The van der Waals surface area contributed by atoms with Crippen molar-refractivity contribution < 1.29 is 4.79 Å². The summed E-state index contributed by atoms with van der Waals surface area (Å²) in [4.78, 5) is 14.4. The van der Waals surface area contributed by atoms with Gasteiger partial charge in [-0.05, 0) is 47.7 Å². The smallest absolute Gasteiger partial charge is 0.248 e. The molecule has 3 rings (SSSR count). The van der Waals surface area contributed by atoms with Gasteiger partial charge in [-0.15, -0.1) is 0 Å². The molecule has 0 saturated heterocycles. The van der Waals surface area contributed by atoms with Crippen LogP contribution >= 0.6 is 0 Å². The second-order valence-corrected chi connectivity index (χ2v) is 5.89. The highest BCUT2D eigenvalue weighted by Crippen LogP contribution is 2.29. The third kappa shape index (κ3) is 4.06. The van der Waals surface area contributed by atoms with Crippen molar-refractivity contribution in [3.8, 4) is 5.69 Å². The average molecular weight is 314 g/mol.